The van der Waals surface area contributed by atoms with Crippen molar-refractivity contribution in [3.63, 3.8) is 0 Å². The standard InChI is InChI=1S/C12H19NO3/c1-11(2,3)16-10(15)13-8-12(6-7-12)5-4-9(13)14/h4-8H2,1-3H3. The number of imide groups is 1. The maximum absolute atomic E-state index is 11.8. The van der Waals surface area contributed by atoms with Crippen molar-refractivity contribution in [2.45, 2.75) is 52.1 Å². The SMILES string of the molecule is CC(C)(C)OC(=O)N1CC2(CCC1=O)CC2. The number of nitrogens with zero attached hydrogens (tertiary/aromatic N) is 1. The molecule has 2 aliphatic rings. The number of piperidine rings is 1. The molecule has 0 bridgehead atoms. The summed E-state index contributed by atoms with van der Waals surface area (Å²) in [6.07, 6.45) is 3.22. The Kier molecular flexibility index (Phi) is 2.48. The van der Waals surface area contributed by atoms with Gasteiger partial charge in [0.1, 0.15) is 5.60 Å². The largest absolute Gasteiger partial charge is 0.443 e. The molecule has 0 aromatic heterocycles. The van der Waals surface area contributed by atoms with Crippen LogP contribution in [0.5, 0.6) is 0 Å². The van der Waals surface area contributed by atoms with Crippen LogP contribution in [0.1, 0.15) is 46.5 Å². The van der Waals surface area contributed by atoms with E-state index in [0.29, 0.717) is 13.0 Å². The van der Waals surface area contributed by atoms with E-state index in [2.05, 4.69) is 0 Å². The summed E-state index contributed by atoms with van der Waals surface area (Å²) in [4.78, 5) is 24.8. The number of hydrogen-bond acceptors (Lipinski definition) is 3. The summed E-state index contributed by atoms with van der Waals surface area (Å²) >= 11 is 0. The zero-order valence-electron chi connectivity index (χ0n) is 10.2. The van der Waals surface area contributed by atoms with Gasteiger partial charge in [-0.1, -0.05) is 0 Å². The van der Waals surface area contributed by atoms with Gasteiger partial charge in [-0.3, -0.25) is 4.79 Å². The Morgan fingerprint density at radius 2 is 1.94 bits per heavy atom. The van der Waals surface area contributed by atoms with Crippen LogP contribution < -0.4 is 0 Å². The summed E-state index contributed by atoms with van der Waals surface area (Å²) in [5, 5.41) is 0. The smallest absolute Gasteiger partial charge is 0.417 e. The zero-order valence-corrected chi connectivity index (χ0v) is 10.2. The first-order valence-electron chi connectivity index (χ1n) is 5.85. The van der Waals surface area contributed by atoms with E-state index in [-0.39, 0.29) is 11.3 Å². The summed E-state index contributed by atoms with van der Waals surface area (Å²) in [6, 6.07) is 0. The average Bonchev–Trinajstić information content (AvgIpc) is 2.87. The Morgan fingerprint density at radius 1 is 1.31 bits per heavy atom. The lowest BCUT2D eigenvalue weighted by Crippen LogP contribution is -2.46. The van der Waals surface area contributed by atoms with Crippen molar-refractivity contribution >= 4 is 12.0 Å². The number of carbonyl (C=O) groups excluding carboxylic acids is 2. The topological polar surface area (TPSA) is 46.6 Å². The first kappa shape index (κ1) is 11.4. The van der Waals surface area contributed by atoms with E-state index >= 15 is 0 Å². The minimum absolute atomic E-state index is 0.0909. The third kappa shape index (κ3) is 2.36. The van der Waals surface area contributed by atoms with Gasteiger partial charge < -0.3 is 4.74 Å². The fourth-order valence-electron chi connectivity index (χ4n) is 2.08. The van der Waals surface area contributed by atoms with Crippen LogP contribution in [-0.2, 0) is 9.53 Å². The summed E-state index contributed by atoms with van der Waals surface area (Å²) in [5.74, 6) is -0.0909. The van der Waals surface area contributed by atoms with Crippen molar-refractivity contribution in [3.8, 4) is 0 Å². The molecule has 0 atom stereocenters. The highest BCUT2D eigenvalue weighted by molar-refractivity contribution is 5.92. The predicted molar refractivity (Wildman–Crippen MR) is 58.8 cm³/mol. The number of ether oxygens (including phenoxy) is 1. The van der Waals surface area contributed by atoms with E-state index in [0.717, 1.165) is 19.3 Å². The van der Waals surface area contributed by atoms with E-state index < -0.39 is 11.7 Å². The molecular weight excluding hydrogens is 206 g/mol. The third-order valence-electron chi connectivity index (χ3n) is 3.23. The van der Waals surface area contributed by atoms with E-state index in [9.17, 15) is 9.59 Å². The molecule has 0 radical (unpaired) electrons. The third-order valence-corrected chi connectivity index (χ3v) is 3.23. The van der Waals surface area contributed by atoms with Crippen LogP contribution in [-0.4, -0.2) is 29.0 Å². The van der Waals surface area contributed by atoms with Crippen LogP contribution in [0.2, 0.25) is 0 Å². The van der Waals surface area contributed by atoms with Gasteiger partial charge in [0.15, 0.2) is 0 Å². The van der Waals surface area contributed by atoms with Crippen molar-refractivity contribution < 1.29 is 14.3 Å². The summed E-state index contributed by atoms with van der Waals surface area (Å²) in [5.41, 5.74) is -0.295. The van der Waals surface area contributed by atoms with E-state index in [1.165, 1.54) is 4.90 Å². The Bertz CT molecular complexity index is 326. The second-order valence-electron chi connectivity index (χ2n) is 5.96. The van der Waals surface area contributed by atoms with Crippen LogP contribution in [0.15, 0.2) is 0 Å². The molecule has 4 nitrogen and oxygen atoms in total. The van der Waals surface area contributed by atoms with Gasteiger partial charge in [-0.05, 0) is 45.4 Å². The molecule has 1 saturated carbocycles. The number of carbonyl (C=O) groups is 2. The van der Waals surface area contributed by atoms with E-state index in [4.69, 9.17) is 4.74 Å². The van der Waals surface area contributed by atoms with Crippen molar-refractivity contribution in [2.24, 2.45) is 5.41 Å². The predicted octanol–water partition coefficient (Wildman–Crippen LogP) is 2.32. The highest BCUT2D eigenvalue weighted by Gasteiger charge is 2.49. The van der Waals surface area contributed by atoms with Crippen molar-refractivity contribution in [3.05, 3.63) is 0 Å². The molecule has 1 heterocycles. The average molecular weight is 225 g/mol. The molecule has 1 aliphatic heterocycles. The van der Waals surface area contributed by atoms with Crippen LogP contribution in [0.25, 0.3) is 0 Å². The first-order chi connectivity index (χ1) is 7.31. The van der Waals surface area contributed by atoms with Gasteiger partial charge >= 0.3 is 6.09 Å². The Balaban J connectivity index is 2.01. The number of likely N-dealkylation sites (tertiary alicyclic amines) is 1. The number of amides is 2. The van der Waals surface area contributed by atoms with Gasteiger partial charge in [-0.25, -0.2) is 9.69 Å². The van der Waals surface area contributed by atoms with Crippen molar-refractivity contribution in [1.29, 1.82) is 0 Å². The molecule has 4 heteroatoms. The zero-order chi connectivity index (χ0) is 12.0. The van der Waals surface area contributed by atoms with Crippen molar-refractivity contribution in [2.75, 3.05) is 6.54 Å². The molecule has 0 aromatic carbocycles. The molecule has 16 heavy (non-hydrogen) atoms. The minimum Gasteiger partial charge on any atom is -0.443 e. The lowest BCUT2D eigenvalue weighted by atomic mass is 9.95. The molecular formula is C12H19NO3. The van der Waals surface area contributed by atoms with Crippen LogP contribution in [0, 0.1) is 5.41 Å². The van der Waals surface area contributed by atoms with Gasteiger partial charge in [0.05, 0.1) is 0 Å². The molecule has 1 spiro atoms. The highest BCUT2D eigenvalue weighted by Crippen LogP contribution is 2.52. The Hall–Kier alpha value is -1.06. The summed E-state index contributed by atoms with van der Waals surface area (Å²) in [7, 11) is 0. The van der Waals surface area contributed by atoms with Gasteiger partial charge in [-0.15, -0.1) is 0 Å². The molecule has 0 aromatic rings. The second-order valence-corrected chi connectivity index (χ2v) is 5.96. The quantitative estimate of drug-likeness (QED) is 0.635. The van der Waals surface area contributed by atoms with E-state index in [1.807, 2.05) is 20.8 Å². The fraction of sp³-hybridized carbons (Fsp3) is 0.833. The van der Waals surface area contributed by atoms with Gasteiger partial charge in [-0.2, -0.15) is 0 Å². The maximum Gasteiger partial charge on any atom is 0.417 e. The monoisotopic (exact) mass is 225 g/mol. The highest BCUT2D eigenvalue weighted by atomic mass is 16.6. The molecule has 0 unspecified atom stereocenters. The molecule has 2 fully saturated rings. The second kappa shape index (κ2) is 3.47. The Morgan fingerprint density at radius 3 is 2.44 bits per heavy atom. The lowest BCUT2D eigenvalue weighted by molar-refractivity contribution is -0.134. The molecule has 2 amide bonds. The van der Waals surface area contributed by atoms with E-state index in [1.54, 1.807) is 0 Å². The lowest BCUT2D eigenvalue weighted by Gasteiger charge is -2.32. The van der Waals surface area contributed by atoms with Gasteiger partial charge in [0.2, 0.25) is 5.91 Å². The van der Waals surface area contributed by atoms with Gasteiger partial charge in [0.25, 0.3) is 0 Å². The molecule has 0 N–H and O–H groups in total. The van der Waals surface area contributed by atoms with Gasteiger partial charge in [0, 0.05) is 13.0 Å². The van der Waals surface area contributed by atoms with Crippen molar-refractivity contribution in [1.82, 2.24) is 4.90 Å². The fourth-order valence-corrected chi connectivity index (χ4v) is 2.08. The molecule has 90 valence electrons. The normalized spacial score (nSPS) is 23.4. The summed E-state index contributed by atoms with van der Waals surface area (Å²) < 4.78 is 5.23. The maximum atomic E-state index is 11.8. The van der Waals surface area contributed by atoms with Crippen LogP contribution in [0.3, 0.4) is 0 Å². The van der Waals surface area contributed by atoms with Crippen LogP contribution >= 0.6 is 0 Å². The molecule has 1 aliphatic carbocycles. The summed E-state index contributed by atoms with van der Waals surface area (Å²) in [6.45, 7) is 5.99. The van der Waals surface area contributed by atoms with Crippen LogP contribution in [0.4, 0.5) is 4.79 Å². The number of hydrogen-bond donors (Lipinski definition) is 0. The molecule has 1 saturated heterocycles. The number of rotatable bonds is 0. The first-order valence-corrected chi connectivity index (χ1v) is 5.85. The molecule has 2 rings (SSSR count). The Labute approximate surface area is 95.9 Å². The minimum atomic E-state index is -0.536.